The lowest BCUT2D eigenvalue weighted by molar-refractivity contribution is -0.143. The Labute approximate surface area is 107 Å². The average Bonchev–Trinajstić information content (AvgIpc) is 2.64. The minimum absolute atomic E-state index is 0.0769. The molecule has 1 amide bonds. The Morgan fingerprint density at radius 1 is 1.65 bits per heavy atom. The second-order valence-corrected chi connectivity index (χ2v) is 4.83. The van der Waals surface area contributed by atoms with Crippen molar-refractivity contribution >= 4 is 34.8 Å². The molecule has 1 aromatic rings. The Morgan fingerprint density at radius 2 is 2.41 bits per heavy atom. The summed E-state index contributed by atoms with van der Waals surface area (Å²) in [5.74, 6) is -1.14. The molecule has 1 aromatic heterocycles. The second kappa shape index (κ2) is 5.03. The van der Waals surface area contributed by atoms with Crippen LogP contribution in [-0.4, -0.2) is 41.6 Å². The van der Waals surface area contributed by atoms with Gasteiger partial charge < -0.3 is 14.7 Å². The maximum Gasteiger partial charge on any atom is 0.347 e. The number of aromatic carboxylic acids is 1. The third-order valence-electron chi connectivity index (χ3n) is 2.44. The topological polar surface area (TPSA) is 66.8 Å². The van der Waals surface area contributed by atoms with Crippen LogP contribution in [0.4, 0.5) is 0 Å². The van der Waals surface area contributed by atoms with Crippen LogP contribution in [-0.2, 0) is 16.1 Å². The number of thiophene rings is 1. The highest BCUT2D eigenvalue weighted by Crippen LogP contribution is 2.29. The van der Waals surface area contributed by atoms with Gasteiger partial charge in [-0.25, -0.2) is 4.79 Å². The molecule has 1 aliphatic heterocycles. The maximum absolute atomic E-state index is 11.5. The first-order valence-corrected chi connectivity index (χ1v) is 6.20. The van der Waals surface area contributed by atoms with Gasteiger partial charge in [-0.2, -0.15) is 0 Å². The molecule has 2 rings (SSSR count). The number of carbonyl (C=O) groups is 2. The van der Waals surface area contributed by atoms with Gasteiger partial charge in [0, 0.05) is 18.7 Å². The largest absolute Gasteiger partial charge is 0.477 e. The Balaban J connectivity index is 2.13. The molecule has 17 heavy (non-hydrogen) atoms. The quantitative estimate of drug-likeness (QED) is 0.907. The van der Waals surface area contributed by atoms with Crippen LogP contribution in [0.1, 0.15) is 15.2 Å². The van der Waals surface area contributed by atoms with E-state index in [1.165, 1.54) is 0 Å². The van der Waals surface area contributed by atoms with Gasteiger partial charge in [0.15, 0.2) is 0 Å². The SMILES string of the molecule is O=C(O)c1scc(CN2CCOCC2=O)c1Cl. The van der Waals surface area contributed by atoms with Crippen molar-refractivity contribution < 1.29 is 19.4 Å². The number of halogens is 1. The van der Waals surface area contributed by atoms with E-state index < -0.39 is 5.97 Å². The summed E-state index contributed by atoms with van der Waals surface area (Å²) in [5.41, 5.74) is 0.671. The number of carboxylic acids is 1. The monoisotopic (exact) mass is 275 g/mol. The van der Waals surface area contributed by atoms with E-state index in [-0.39, 0.29) is 22.4 Å². The van der Waals surface area contributed by atoms with Gasteiger partial charge in [-0.3, -0.25) is 4.79 Å². The number of carbonyl (C=O) groups excluding carboxylic acids is 1. The normalized spacial score (nSPS) is 16.3. The van der Waals surface area contributed by atoms with Gasteiger partial charge in [-0.1, -0.05) is 11.6 Å². The van der Waals surface area contributed by atoms with Crippen molar-refractivity contribution in [3.8, 4) is 0 Å². The van der Waals surface area contributed by atoms with Crippen LogP contribution >= 0.6 is 22.9 Å². The third kappa shape index (κ3) is 2.59. The van der Waals surface area contributed by atoms with Crippen LogP contribution in [0, 0.1) is 0 Å². The van der Waals surface area contributed by atoms with E-state index in [4.69, 9.17) is 21.4 Å². The molecule has 0 unspecified atom stereocenters. The van der Waals surface area contributed by atoms with E-state index in [0.717, 1.165) is 11.3 Å². The second-order valence-electron chi connectivity index (χ2n) is 3.58. The summed E-state index contributed by atoms with van der Waals surface area (Å²) in [4.78, 5) is 24.0. The van der Waals surface area contributed by atoms with Crippen LogP contribution in [0.2, 0.25) is 5.02 Å². The van der Waals surface area contributed by atoms with Gasteiger partial charge in [-0.05, 0) is 5.38 Å². The highest BCUT2D eigenvalue weighted by Gasteiger charge is 2.22. The Hall–Kier alpha value is -1.11. The van der Waals surface area contributed by atoms with Gasteiger partial charge >= 0.3 is 5.97 Å². The van der Waals surface area contributed by atoms with Crippen molar-refractivity contribution in [3.63, 3.8) is 0 Å². The first-order valence-electron chi connectivity index (χ1n) is 4.94. The van der Waals surface area contributed by atoms with Crippen molar-refractivity contribution in [2.45, 2.75) is 6.54 Å². The van der Waals surface area contributed by atoms with Gasteiger partial charge in [0.25, 0.3) is 0 Å². The van der Waals surface area contributed by atoms with Crippen molar-refractivity contribution in [1.82, 2.24) is 4.90 Å². The van der Waals surface area contributed by atoms with E-state index >= 15 is 0 Å². The molecule has 1 aliphatic rings. The highest BCUT2D eigenvalue weighted by molar-refractivity contribution is 7.12. The molecular formula is C10H10ClNO4S. The number of amides is 1. The Morgan fingerprint density at radius 3 is 3.00 bits per heavy atom. The molecule has 0 radical (unpaired) electrons. The molecule has 1 saturated heterocycles. The summed E-state index contributed by atoms with van der Waals surface area (Å²) in [6, 6.07) is 0. The zero-order chi connectivity index (χ0) is 12.4. The van der Waals surface area contributed by atoms with Crippen LogP contribution in [0.3, 0.4) is 0 Å². The highest BCUT2D eigenvalue weighted by atomic mass is 35.5. The molecule has 92 valence electrons. The van der Waals surface area contributed by atoms with Crippen LogP contribution in [0.25, 0.3) is 0 Å². The molecule has 5 nitrogen and oxygen atoms in total. The number of ether oxygens (including phenoxy) is 1. The number of morpholine rings is 1. The zero-order valence-electron chi connectivity index (χ0n) is 8.81. The van der Waals surface area contributed by atoms with Crippen molar-refractivity contribution in [3.05, 3.63) is 20.8 Å². The molecular weight excluding hydrogens is 266 g/mol. The molecule has 7 heteroatoms. The summed E-state index contributed by atoms with van der Waals surface area (Å²) < 4.78 is 5.01. The van der Waals surface area contributed by atoms with Gasteiger partial charge in [0.1, 0.15) is 11.5 Å². The van der Waals surface area contributed by atoms with Crippen molar-refractivity contribution in [2.75, 3.05) is 19.8 Å². The smallest absolute Gasteiger partial charge is 0.347 e. The van der Waals surface area contributed by atoms with E-state index in [1.54, 1.807) is 10.3 Å². The molecule has 0 aromatic carbocycles. The molecule has 0 aliphatic carbocycles. The minimum Gasteiger partial charge on any atom is -0.477 e. The predicted octanol–water partition coefficient (Wildman–Crippen LogP) is 1.46. The van der Waals surface area contributed by atoms with E-state index in [0.29, 0.717) is 25.3 Å². The van der Waals surface area contributed by atoms with E-state index in [1.807, 2.05) is 0 Å². The summed E-state index contributed by atoms with van der Waals surface area (Å²) >= 11 is 7.02. The van der Waals surface area contributed by atoms with Crippen LogP contribution in [0.5, 0.6) is 0 Å². The summed E-state index contributed by atoms with van der Waals surface area (Å²) in [6.07, 6.45) is 0. The Kier molecular flexibility index (Phi) is 3.66. The molecule has 0 saturated carbocycles. The molecule has 0 atom stereocenters. The lowest BCUT2D eigenvalue weighted by atomic mass is 10.2. The lowest BCUT2D eigenvalue weighted by Crippen LogP contribution is -2.40. The predicted molar refractivity (Wildman–Crippen MR) is 62.5 cm³/mol. The fraction of sp³-hybridized carbons (Fsp3) is 0.400. The molecule has 1 N–H and O–H groups in total. The van der Waals surface area contributed by atoms with Gasteiger partial charge in [-0.15, -0.1) is 11.3 Å². The summed E-state index contributed by atoms with van der Waals surface area (Å²) in [7, 11) is 0. The molecule has 0 spiro atoms. The van der Waals surface area contributed by atoms with Crippen molar-refractivity contribution in [2.24, 2.45) is 0 Å². The lowest BCUT2D eigenvalue weighted by Gasteiger charge is -2.26. The van der Waals surface area contributed by atoms with E-state index in [2.05, 4.69) is 0 Å². The first-order chi connectivity index (χ1) is 8.09. The number of hydrogen-bond acceptors (Lipinski definition) is 4. The van der Waals surface area contributed by atoms with Crippen molar-refractivity contribution in [1.29, 1.82) is 0 Å². The standard InChI is InChI=1S/C10H10ClNO4S/c11-8-6(5-17-9(8)10(14)15)3-12-1-2-16-4-7(12)13/h5H,1-4H2,(H,14,15). The summed E-state index contributed by atoms with van der Waals surface area (Å²) in [6.45, 7) is 1.42. The average molecular weight is 276 g/mol. The Bertz CT molecular complexity index is 459. The maximum atomic E-state index is 11.5. The fourth-order valence-corrected chi connectivity index (χ4v) is 2.73. The number of nitrogens with zero attached hydrogens (tertiary/aromatic N) is 1. The van der Waals surface area contributed by atoms with E-state index in [9.17, 15) is 9.59 Å². The summed E-state index contributed by atoms with van der Waals surface area (Å²) in [5, 5.41) is 10.8. The minimum atomic E-state index is -1.04. The molecule has 2 heterocycles. The third-order valence-corrected chi connectivity index (χ3v) is 4.00. The van der Waals surface area contributed by atoms with Crippen LogP contribution < -0.4 is 0 Å². The first kappa shape index (κ1) is 12.3. The van der Waals surface area contributed by atoms with Crippen LogP contribution in [0.15, 0.2) is 5.38 Å². The number of rotatable bonds is 3. The number of hydrogen-bond donors (Lipinski definition) is 1. The zero-order valence-corrected chi connectivity index (χ0v) is 10.4. The van der Waals surface area contributed by atoms with Gasteiger partial charge in [0.2, 0.25) is 5.91 Å². The van der Waals surface area contributed by atoms with Gasteiger partial charge in [0.05, 0.1) is 11.6 Å². The molecule has 0 bridgehead atoms. The number of carboxylic acid groups (broad SMARTS) is 1. The molecule has 1 fully saturated rings. The fourth-order valence-electron chi connectivity index (χ4n) is 1.55.